The summed E-state index contributed by atoms with van der Waals surface area (Å²) in [5, 5.41) is 3.73. The zero-order chi connectivity index (χ0) is 10.1. The highest BCUT2D eigenvalue weighted by atomic mass is 19.1. The van der Waals surface area contributed by atoms with E-state index in [-0.39, 0.29) is 11.8 Å². The van der Waals surface area contributed by atoms with Gasteiger partial charge in [-0.05, 0) is 32.1 Å². The molecule has 1 aromatic heterocycles. The molecule has 78 valence electrons. The second-order valence-electron chi connectivity index (χ2n) is 4.18. The summed E-state index contributed by atoms with van der Waals surface area (Å²) in [7, 11) is 0. The van der Waals surface area contributed by atoms with Crippen LogP contribution in [0.15, 0.2) is 4.52 Å². The summed E-state index contributed by atoms with van der Waals surface area (Å²) in [6, 6.07) is 0. The van der Waals surface area contributed by atoms with E-state index in [2.05, 4.69) is 10.1 Å². The van der Waals surface area contributed by atoms with Crippen molar-refractivity contribution < 1.29 is 8.91 Å². The first-order chi connectivity index (χ1) is 6.66. The maximum atomic E-state index is 13.4. The average Bonchev–Trinajstić information content (AvgIpc) is 2.57. The quantitative estimate of drug-likeness (QED) is 0.696. The molecule has 0 saturated heterocycles. The van der Waals surface area contributed by atoms with Crippen molar-refractivity contribution in [1.82, 2.24) is 10.1 Å². The molecule has 0 aliphatic heterocycles. The van der Waals surface area contributed by atoms with Gasteiger partial charge in [0.05, 0.1) is 0 Å². The van der Waals surface area contributed by atoms with Crippen molar-refractivity contribution in [2.24, 2.45) is 5.92 Å². The largest absolute Gasteiger partial charge is 0.339 e. The molecular formula is C10H15FN2O. The van der Waals surface area contributed by atoms with Crippen molar-refractivity contribution >= 4 is 0 Å². The lowest BCUT2D eigenvalue weighted by molar-refractivity contribution is 0.150. The van der Waals surface area contributed by atoms with Crippen LogP contribution in [0.5, 0.6) is 0 Å². The highest BCUT2D eigenvalue weighted by Crippen LogP contribution is 2.36. The Bertz CT molecular complexity index is 313. The Hall–Kier alpha value is -0.930. The molecule has 0 bridgehead atoms. The highest BCUT2D eigenvalue weighted by molar-refractivity contribution is 4.97. The maximum Gasteiger partial charge on any atom is 0.229 e. The van der Waals surface area contributed by atoms with Crippen LogP contribution >= 0.6 is 0 Å². The molecule has 1 aliphatic carbocycles. The topological polar surface area (TPSA) is 38.9 Å². The van der Waals surface area contributed by atoms with Crippen LogP contribution in [0.4, 0.5) is 4.39 Å². The molecule has 3 atom stereocenters. The second-order valence-corrected chi connectivity index (χ2v) is 4.18. The number of nitrogens with zero attached hydrogens (tertiary/aromatic N) is 2. The van der Waals surface area contributed by atoms with Crippen LogP contribution in [-0.2, 0) is 0 Å². The number of hydrogen-bond donors (Lipinski definition) is 0. The number of rotatable bonds is 1. The van der Waals surface area contributed by atoms with Crippen molar-refractivity contribution in [2.75, 3.05) is 0 Å². The minimum atomic E-state index is -0.721. The smallest absolute Gasteiger partial charge is 0.229 e. The summed E-state index contributed by atoms with van der Waals surface area (Å²) in [6.45, 7) is 3.74. The SMILES string of the molecule is Cc1noc(C2CCC(C)C(F)C2)n1. The summed E-state index contributed by atoms with van der Waals surface area (Å²) in [4.78, 5) is 4.15. The molecule has 2 rings (SSSR count). The van der Waals surface area contributed by atoms with Crippen LogP contribution in [0.2, 0.25) is 0 Å². The lowest BCUT2D eigenvalue weighted by Gasteiger charge is -2.27. The normalized spacial score (nSPS) is 33.2. The molecule has 0 aromatic carbocycles. The molecule has 3 nitrogen and oxygen atoms in total. The van der Waals surface area contributed by atoms with Gasteiger partial charge in [0.2, 0.25) is 5.89 Å². The molecule has 1 aliphatic rings. The van der Waals surface area contributed by atoms with Gasteiger partial charge >= 0.3 is 0 Å². The summed E-state index contributed by atoms with van der Waals surface area (Å²) in [5.41, 5.74) is 0. The predicted octanol–water partition coefficient (Wildman–Crippen LogP) is 2.62. The van der Waals surface area contributed by atoms with Crippen LogP contribution in [-0.4, -0.2) is 16.3 Å². The third-order valence-electron chi connectivity index (χ3n) is 2.99. The van der Waals surface area contributed by atoms with Gasteiger partial charge in [-0.2, -0.15) is 4.98 Å². The maximum absolute atomic E-state index is 13.4. The Labute approximate surface area is 82.7 Å². The molecule has 0 radical (unpaired) electrons. The number of aromatic nitrogens is 2. The standard InChI is InChI=1S/C10H15FN2O/c1-6-3-4-8(5-9(6)11)10-12-7(2)13-14-10/h6,8-9H,3-5H2,1-2H3. The first-order valence-corrected chi connectivity index (χ1v) is 5.11. The number of halogens is 1. The molecule has 1 aromatic rings. The second kappa shape index (κ2) is 3.67. The van der Waals surface area contributed by atoms with Crippen molar-refractivity contribution in [1.29, 1.82) is 0 Å². The van der Waals surface area contributed by atoms with Crippen LogP contribution in [0.25, 0.3) is 0 Å². The van der Waals surface area contributed by atoms with E-state index in [1.165, 1.54) is 0 Å². The van der Waals surface area contributed by atoms with E-state index >= 15 is 0 Å². The van der Waals surface area contributed by atoms with Gasteiger partial charge in [0.15, 0.2) is 5.82 Å². The first-order valence-electron chi connectivity index (χ1n) is 5.11. The fourth-order valence-corrected chi connectivity index (χ4v) is 1.97. The van der Waals surface area contributed by atoms with Gasteiger partial charge in [0.25, 0.3) is 0 Å². The van der Waals surface area contributed by atoms with E-state index < -0.39 is 6.17 Å². The zero-order valence-corrected chi connectivity index (χ0v) is 8.53. The minimum absolute atomic E-state index is 0.127. The molecule has 0 amide bonds. The van der Waals surface area contributed by atoms with Crippen LogP contribution in [0, 0.1) is 12.8 Å². The minimum Gasteiger partial charge on any atom is -0.339 e. The predicted molar refractivity (Wildman–Crippen MR) is 49.7 cm³/mol. The van der Waals surface area contributed by atoms with E-state index in [4.69, 9.17) is 4.52 Å². The van der Waals surface area contributed by atoms with Crippen molar-refractivity contribution in [3.8, 4) is 0 Å². The van der Waals surface area contributed by atoms with Crippen LogP contribution < -0.4 is 0 Å². The molecule has 14 heavy (non-hydrogen) atoms. The summed E-state index contributed by atoms with van der Waals surface area (Å²) < 4.78 is 18.5. The Balaban J connectivity index is 2.06. The lowest BCUT2D eigenvalue weighted by atomic mass is 9.81. The Morgan fingerprint density at radius 1 is 1.43 bits per heavy atom. The molecule has 1 fully saturated rings. The molecule has 4 heteroatoms. The fraction of sp³-hybridized carbons (Fsp3) is 0.800. The van der Waals surface area contributed by atoms with Crippen LogP contribution in [0.3, 0.4) is 0 Å². The van der Waals surface area contributed by atoms with Gasteiger partial charge in [0.1, 0.15) is 6.17 Å². The fourth-order valence-electron chi connectivity index (χ4n) is 1.97. The third-order valence-corrected chi connectivity index (χ3v) is 2.99. The Morgan fingerprint density at radius 2 is 2.21 bits per heavy atom. The summed E-state index contributed by atoms with van der Waals surface area (Å²) in [6.07, 6.45) is 1.68. The Morgan fingerprint density at radius 3 is 2.79 bits per heavy atom. The molecule has 1 saturated carbocycles. The van der Waals surface area contributed by atoms with E-state index in [0.717, 1.165) is 12.8 Å². The van der Waals surface area contributed by atoms with Gasteiger partial charge in [0, 0.05) is 5.92 Å². The molecule has 3 unspecified atom stereocenters. The number of hydrogen-bond acceptors (Lipinski definition) is 3. The van der Waals surface area contributed by atoms with Crippen molar-refractivity contribution in [2.45, 2.75) is 45.2 Å². The molecule has 0 N–H and O–H groups in total. The average molecular weight is 198 g/mol. The van der Waals surface area contributed by atoms with Crippen LogP contribution in [0.1, 0.15) is 43.8 Å². The first kappa shape index (κ1) is 9.62. The van der Waals surface area contributed by atoms with Gasteiger partial charge in [-0.15, -0.1) is 0 Å². The molecule has 0 spiro atoms. The van der Waals surface area contributed by atoms with E-state index in [1.54, 1.807) is 6.92 Å². The lowest BCUT2D eigenvalue weighted by Crippen LogP contribution is -2.23. The summed E-state index contributed by atoms with van der Waals surface area (Å²) >= 11 is 0. The molecule has 1 heterocycles. The van der Waals surface area contributed by atoms with Crippen molar-refractivity contribution in [3.05, 3.63) is 11.7 Å². The zero-order valence-electron chi connectivity index (χ0n) is 8.53. The van der Waals surface area contributed by atoms with E-state index in [0.29, 0.717) is 18.1 Å². The van der Waals surface area contributed by atoms with Gasteiger partial charge in [-0.25, -0.2) is 4.39 Å². The monoisotopic (exact) mass is 198 g/mol. The van der Waals surface area contributed by atoms with Gasteiger partial charge < -0.3 is 4.52 Å². The van der Waals surface area contributed by atoms with Crippen molar-refractivity contribution in [3.63, 3.8) is 0 Å². The number of aryl methyl sites for hydroxylation is 1. The Kier molecular flexibility index (Phi) is 2.52. The highest BCUT2D eigenvalue weighted by Gasteiger charge is 2.31. The number of alkyl halides is 1. The summed E-state index contributed by atoms with van der Waals surface area (Å²) in [5.74, 6) is 1.55. The van der Waals surface area contributed by atoms with E-state index in [9.17, 15) is 4.39 Å². The van der Waals surface area contributed by atoms with Gasteiger partial charge in [-0.1, -0.05) is 12.1 Å². The van der Waals surface area contributed by atoms with Gasteiger partial charge in [-0.3, -0.25) is 0 Å². The molecular weight excluding hydrogens is 183 g/mol. The van der Waals surface area contributed by atoms with E-state index in [1.807, 2.05) is 6.92 Å². The third kappa shape index (κ3) is 1.79.